The molecule has 0 saturated heterocycles. The largest absolute Gasteiger partial charge is 0.330 e. The van der Waals surface area contributed by atoms with E-state index in [0.29, 0.717) is 29.2 Å². The number of aromatic nitrogens is 1. The van der Waals surface area contributed by atoms with Crippen LogP contribution in [0.25, 0.3) is 0 Å². The normalized spacial score (nSPS) is 10.2. The standard InChI is InChI=1S/C14H14ClN3O/c15-12-6-8-17-9-13(12)18-14(19)11-4-2-1-3-10(11)5-7-16/h1-4,6,8-9H,5,7,16H2,(H,18,19). The van der Waals surface area contributed by atoms with Gasteiger partial charge in [-0.25, -0.2) is 0 Å². The summed E-state index contributed by atoms with van der Waals surface area (Å²) >= 11 is 5.98. The van der Waals surface area contributed by atoms with Crippen LogP contribution in [0, 0.1) is 0 Å². The van der Waals surface area contributed by atoms with E-state index in [-0.39, 0.29) is 5.91 Å². The van der Waals surface area contributed by atoms with Crippen LogP contribution in [0.1, 0.15) is 15.9 Å². The lowest BCUT2D eigenvalue weighted by Crippen LogP contribution is -2.16. The van der Waals surface area contributed by atoms with Gasteiger partial charge in [-0.3, -0.25) is 9.78 Å². The average molecular weight is 276 g/mol. The fourth-order valence-corrected chi connectivity index (χ4v) is 1.93. The molecule has 0 spiro atoms. The first-order valence-corrected chi connectivity index (χ1v) is 6.29. The quantitative estimate of drug-likeness (QED) is 0.901. The van der Waals surface area contributed by atoms with Gasteiger partial charge in [0.1, 0.15) is 0 Å². The average Bonchev–Trinajstić information content (AvgIpc) is 2.42. The summed E-state index contributed by atoms with van der Waals surface area (Å²) in [6.07, 6.45) is 3.75. The zero-order valence-electron chi connectivity index (χ0n) is 10.3. The van der Waals surface area contributed by atoms with Crippen LogP contribution < -0.4 is 11.1 Å². The van der Waals surface area contributed by atoms with Crippen molar-refractivity contribution in [3.63, 3.8) is 0 Å². The van der Waals surface area contributed by atoms with E-state index in [1.807, 2.05) is 18.2 Å². The second-order valence-electron chi connectivity index (χ2n) is 4.01. The lowest BCUT2D eigenvalue weighted by Gasteiger charge is -2.10. The van der Waals surface area contributed by atoms with Gasteiger partial charge in [0.25, 0.3) is 5.91 Å². The van der Waals surface area contributed by atoms with Crippen molar-refractivity contribution in [1.82, 2.24) is 4.98 Å². The molecule has 0 radical (unpaired) electrons. The highest BCUT2D eigenvalue weighted by atomic mass is 35.5. The zero-order chi connectivity index (χ0) is 13.7. The summed E-state index contributed by atoms with van der Waals surface area (Å²) in [5.41, 5.74) is 7.56. The number of carbonyl (C=O) groups excluding carboxylic acids is 1. The Morgan fingerprint density at radius 2 is 2.11 bits per heavy atom. The Morgan fingerprint density at radius 3 is 2.84 bits per heavy atom. The predicted octanol–water partition coefficient (Wildman–Crippen LogP) is 2.49. The van der Waals surface area contributed by atoms with Gasteiger partial charge in [0.05, 0.1) is 16.9 Å². The molecule has 3 N–H and O–H groups in total. The second-order valence-corrected chi connectivity index (χ2v) is 4.41. The Kier molecular flexibility index (Phi) is 4.49. The lowest BCUT2D eigenvalue weighted by atomic mass is 10.0. The summed E-state index contributed by atoms with van der Waals surface area (Å²) in [5.74, 6) is -0.209. The minimum absolute atomic E-state index is 0.209. The van der Waals surface area contributed by atoms with Gasteiger partial charge in [-0.05, 0) is 30.7 Å². The van der Waals surface area contributed by atoms with Crippen molar-refractivity contribution < 1.29 is 4.79 Å². The van der Waals surface area contributed by atoms with E-state index in [2.05, 4.69) is 10.3 Å². The van der Waals surface area contributed by atoms with E-state index in [4.69, 9.17) is 17.3 Å². The number of nitrogens with two attached hydrogens (primary N) is 1. The molecule has 5 heteroatoms. The first-order valence-electron chi connectivity index (χ1n) is 5.91. The van der Waals surface area contributed by atoms with Crippen molar-refractivity contribution in [2.75, 3.05) is 11.9 Å². The molecule has 0 unspecified atom stereocenters. The number of hydrogen-bond acceptors (Lipinski definition) is 3. The lowest BCUT2D eigenvalue weighted by molar-refractivity contribution is 0.102. The van der Waals surface area contributed by atoms with Crippen molar-refractivity contribution in [3.05, 3.63) is 58.9 Å². The number of anilines is 1. The number of nitrogens with zero attached hydrogens (tertiary/aromatic N) is 1. The summed E-state index contributed by atoms with van der Waals surface area (Å²) in [5, 5.41) is 3.21. The molecule has 2 aromatic rings. The molecule has 0 atom stereocenters. The van der Waals surface area contributed by atoms with Crippen LogP contribution in [0.5, 0.6) is 0 Å². The van der Waals surface area contributed by atoms with Gasteiger partial charge in [0.2, 0.25) is 0 Å². The number of amides is 1. The molecule has 0 aliphatic heterocycles. The summed E-state index contributed by atoms with van der Waals surface area (Å²) < 4.78 is 0. The van der Waals surface area contributed by atoms with Crippen molar-refractivity contribution in [1.29, 1.82) is 0 Å². The van der Waals surface area contributed by atoms with E-state index in [9.17, 15) is 4.79 Å². The smallest absolute Gasteiger partial charge is 0.256 e. The maximum Gasteiger partial charge on any atom is 0.256 e. The van der Waals surface area contributed by atoms with Gasteiger partial charge in [0.15, 0.2) is 0 Å². The zero-order valence-corrected chi connectivity index (χ0v) is 11.0. The van der Waals surface area contributed by atoms with Crippen LogP contribution in [0.2, 0.25) is 5.02 Å². The van der Waals surface area contributed by atoms with Crippen LogP contribution in [-0.2, 0) is 6.42 Å². The van der Waals surface area contributed by atoms with Crippen molar-refractivity contribution in [2.24, 2.45) is 5.73 Å². The molecule has 0 fully saturated rings. The maximum absolute atomic E-state index is 12.2. The highest BCUT2D eigenvalue weighted by molar-refractivity contribution is 6.33. The Hall–Kier alpha value is -1.91. The monoisotopic (exact) mass is 275 g/mol. The second kappa shape index (κ2) is 6.31. The van der Waals surface area contributed by atoms with Crippen LogP contribution >= 0.6 is 11.6 Å². The molecule has 19 heavy (non-hydrogen) atoms. The van der Waals surface area contributed by atoms with Gasteiger partial charge in [-0.1, -0.05) is 29.8 Å². The van der Waals surface area contributed by atoms with Crippen LogP contribution in [0.15, 0.2) is 42.7 Å². The molecule has 0 saturated carbocycles. The Morgan fingerprint density at radius 1 is 1.32 bits per heavy atom. The molecule has 1 aromatic carbocycles. The molecule has 1 amide bonds. The van der Waals surface area contributed by atoms with E-state index in [0.717, 1.165) is 5.56 Å². The van der Waals surface area contributed by atoms with Crippen molar-refractivity contribution in [2.45, 2.75) is 6.42 Å². The highest BCUT2D eigenvalue weighted by Gasteiger charge is 2.12. The number of halogens is 1. The molecule has 98 valence electrons. The van der Waals surface area contributed by atoms with E-state index < -0.39 is 0 Å². The topological polar surface area (TPSA) is 68.0 Å². The molecule has 4 nitrogen and oxygen atoms in total. The van der Waals surface area contributed by atoms with Crippen molar-refractivity contribution in [3.8, 4) is 0 Å². The minimum Gasteiger partial charge on any atom is -0.330 e. The molecule has 2 rings (SSSR count). The number of rotatable bonds is 4. The Labute approximate surface area is 116 Å². The Balaban J connectivity index is 2.23. The summed E-state index contributed by atoms with van der Waals surface area (Å²) in [6.45, 7) is 0.498. The summed E-state index contributed by atoms with van der Waals surface area (Å²) in [4.78, 5) is 16.2. The summed E-state index contributed by atoms with van der Waals surface area (Å²) in [6, 6.07) is 9.00. The molecular weight excluding hydrogens is 262 g/mol. The number of hydrogen-bond donors (Lipinski definition) is 2. The maximum atomic E-state index is 12.2. The van der Waals surface area contributed by atoms with Gasteiger partial charge in [-0.15, -0.1) is 0 Å². The fourth-order valence-electron chi connectivity index (χ4n) is 1.77. The van der Waals surface area contributed by atoms with Gasteiger partial charge >= 0.3 is 0 Å². The fraction of sp³-hybridized carbons (Fsp3) is 0.143. The highest BCUT2D eigenvalue weighted by Crippen LogP contribution is 2.20. The molecule has 0 aliphatic carbocycles. The van der Waals surface area contributed by atoms with Crippen LogP contribution in [0.4, 0.5) is 5.69 Å². The number of carbonyl (C=O) groups is 1. The van der Waals surface area contributed by atoms with E-state index in [1.54, 1.807) is 18.3 Å². The molecule has 0 aliphatic rings. The SMILES string of the molecule is NCCc1ccccc1C(=O)Nc1cnccc1Cl. The molecule has 1 aromatic heterocycles. The Bertz CT molecular complexity index is 586. The van der Waals surface area contributed by atoms with Gasteiger partial charge in [-0.2, -0.15) is 0 Å². The van der Waals surface area contributed by atoms with E-state index >= 15 is 0 Å². The number of benzene rings is 1. The molecule has 1 heterocycles. The minimum atomic E-state index is -0.209. The van der Waals surface area contributed by atoms with Crippen LogP contribution in [0.3, 0.4) is 0 Å². The predicted molar refractivity (Wildman–Crippen MR) is 76.4 cm³/mol. The summed E-state index contributed by atoms with van der Waals surface area (Å²) in [7, 11) is 0. The third-order valence-corrected chi connectivity index (χ3v) is 3.02. The first kappa shape index (κ1) is 13.5. The van der Waals surface area contributed by atoms with Crippen LogP contribution in [-0.4, -0.2) is 17.4 Å². The molecule has 0 bridgehead atoms. The van der Waals surface area contributed by atoms with Gasteiger partial charge in [0, 0.05) is 11.8 Å². The molecular formula is C14H14ClN3O. The van der Waals surface area contributed by atoms with E-state index in [1.165, 1.54) is 6.20 Å². The third-order valence-electron chi connectivity index (χ3n) is 2.69. The van der Waals surface area contributed by atoms with Crippen molar-refractivity contribution >= 4 is 23.2 Å². The first-order chi connectivity index (χ1) is 9.22. The number of pyridine rings is 1. The van der Waals surface area contributed by atoms with Gasteiger partial charge < -0.3 is 11.1 Å². The number of nitrogens with one attached hydrogen (secondary N) is 1. The third kappa shape index (κ3) is 3.30.